The molecule has 3 amide bonds. The maximum absolute atomic E-state index is 12.9. The highest BCUT2D eigenvalue weighted by Crippen LogP contribution is 2.35. The summed E-state index contributed by atoms with van der Waals surface area (Å²) in [5.41, 5.74) is 0.903. The largest absolute Gasteiger partial charge is 0.335 e. The van der Waals surface area contributed by atoms with Gasteiger partial charge in [-0.2, -0.15) is 0 Å². The predicted molar refractivity (Wildman–Crippen MR) is 109 cm³/mol. The van der Waals surface area contributed by atoms with Crippen LogP contribution in [-0.2, 0) is 24.2 Å². The molecule has 4 rings (SSSR count). The van der Waals surface area contributed by atoms with Gasteiger partial charge in [0.25, 0.3) is 5.56 Å². The molecule has 2 aliphatic carbocycles. The van der Waals surface area contributed by atoms with Crippen molar-refractivity contribution >= 4 is 33.5 Å². The molecule has 0 aliphatic heterocycles. The van der Waals surface area contributed by atoms with Gasteiger partial charge in [0, 0.05) is 10.9 Å². The number of hydrogen-bond donors (Lipinski definition) is 2. The minimum absolute atomic E-state index is 0.127. The van der Waals surface area contributed by atoms with E-state index in [-0.39, 0.29) is 18.1 Å². The van der Waals surface area contributed by atoms with Crippen molar-refractivity contribution in [3.05, 3.63) is 27.1 Å². The number of amides is 3. The van der Waals surface area contributed by atoms with E-state index >= 15 is 0 Å². The summed E-state index contributed by atoms with van der Waals surface area (Å²) < 4.78 is 1.30. The maximum Gasteiger partial charge on any atom is 0.321 e. The molecular weight excluding hydrogens is 376 g/mol. The van der Waals surface area contributed by atoms with Crippen molar-refractivity contribution in [1.29, 1.82) is 0 Å². The van der Waals surface area contributed by atoms with E-state index < -0.39 is 11.9 Å². The van der Waals surface area contributed by atoms with Crippen molar-refractivity contribution < 1.29 is 9.59 Å². The molecule has 2 aromatic heterocycles. The van der Waals surface area contributed by atoms with E-state index in [2.05, 4.69) is 22.5 Å². The van der Waals surface area contributed by atoms with Crippen molar-refractivity contribution in [3.63, 3.8) is 0 Å². The lowest BCUT2D eigenvalue weighted by Crippen LogP contribution is -2.46. The number of urea groups is 1. The second kappa shape index (κ2) is 8.03. The number of aromatic nitrogens is 2. The fraction of sp³-hybridized carbons (Fsp3) is 0.600. The number of hydrogen-bond acceptors (Lipinski definition) is 5. The molecule has 28 heavy (non-hydrogen) atoms. The number of aryl methyl sites for hydroxylation is 1. The third kappa shape index (κ3) is 3.97. The zero-order valence-corrected chi connectivity index (χ0v) is 16.9. The van der Waals surface area contributed by atoms with Gasteiger partial charge < -0.3 is 5.32 Å². The molecule has 2 aromatic rings. The molecule has 0 saturated heterocycles. The van der Waals surface area contributed by atoms with Gasteiger partial charge in [-0.05, 0) is 43.6 Å². The van der Waals surface area contributed by atoms with Crippen molar-refractivity contribution in [2.45, 2.75) is 70.9 Å². The fourth-order valence-corrected chi connectivity index (χ4v) is 5.61. The highest BCUT2D eigenvalue weighted by molar-refractivity contribution is 7.18. The normalized spacial score (nSPS) is 20.0. The molecule has 1 atom stereocenters. The van der Waals surface area contributed by atoms with Gasteiger partial charge in [-0.25, -0.2) is 9.78 Å². The summed E-state index contributed by atoms with van der Waals surface area (Å²) in [6.07, 6.45) is 9.64. The quantitative estimate of drug-likeness (QED) is 0.826. The van der Waals surface area contributed by atoms with Gasteiger partial charge in [-0.3, -0.25) is 19.5 Å². The summed E-state index contributed by atoms with van der Waals surface area (Å²) in [7, 11) is 0. The van der Waals surface area contributed by atoms with E-state index in [0.717, 1.165) is 55.3 Å². The number of nitrogens with zero attached hydrogens (tertiary/aromatic N) is 2. The van der Waals surface area contributed by atoms with Gasteiger partial charge in [-0.15, -0.1) is 11.3 Å². The molecule has 1 saturated carbocycles. The Morgan fingerprint density at radius 3 is 2.82 bits per heavy atom. The van der Waals surface area contributed by atoms with Gasteiger partial charge in [-0.1, -0.05) is 26.2 Å². The minimum atomic E-state index is -0.505. The Morgan fingerprint density at radius 1 is 1.25 bits per heavy atom. The molecule has 2 N–H and O–H groups in total. The monoisotopic (exact) mass is 402 g/mol. The fourth-order valence-electron chi connectivity index (χ4n) is 4.27. The SMILES string of the molecule is C[C@@H]1CCc2c(sc3ncn(CC(=O)NC(=O)NC4CCCCC4)c(=O)c23)C1. The Morgan fingerprint density at radius 2 is 2.04 bits per heavy atom. The molecule has 0 aromatic carbocycles. The standard InChI is InChI=1S/C20H26N4O3S/c1-12-7-8-14-15(9-12)28-18-17(14)19(26)24(11-21-18)10-16(25)23-20(27)22-13-5-3-2-4-6-13/h11-13H,2-10H2,1H3,(H2,22,23,25,27)/t12-/m1/s1. The molecule has 2 heterocycles. The first-order valence-corrected chi connectivity index (χ1v) is 10.9. The van der Waals surface area contributed by atoms with Crippen LogP contribution in [0.25, 0.3) is 10.2 Å². The number of thiophene rings is 1. The van der Waals surface area contributed by atoms with E-state index in [1.165, 1.54) is 22.2 Å². The molecular formula is C20H26N4O3S. The molecule has 0 radical (unpaired) electrons. The lowest BCUT2D eigenvalue weighted by Gasteiger charge is -2.22. The number of rotatable bonds is 3. The molecule has 7 nitrogen and oxygen atoms in total. The van der Waals surface area contributed by atoms with Crippen LogP contribution in [0.2, 0.25) is 0 Å². The maximum atomic E-state index is 12.9. The number of fused-ring (bicyclic) bond motifs is 3. The molecule has 2 aliphatic rings. The molecule has 0 unspecified atom stereocenters. The van der Waals surface area contributed by atoms with Crippen molar-refractivity contribution in [1.82, 2.24) is 20.2 Å². The van der Waals surface area contributed by atoms with Crippen LogP contribution in [0.1, 0.15) is 55.9 Å². The Hall–Kier alpha value is -2.22. The van der Waals surface area contributed by atoms with Gasteiger partial charge >= 0.3 is 6.03 Å². The van der Waals surface area contributed by atoms with Crippen LogP contribution in [0.4, 0.5) is 4.79 Å². The van der Waals surface area contributed by atoms with E-state index in [0.29, 0.717) is 11.3 Å². The molecule has 150 valence electrons. The number of carbonyl (C=O) groups is 2. The van der Waals surface area contributed by atoms with Crippen molar-refractivity contribution in [2.24, 2.45) is 5.92 Å². The van der Waals surface area contributed by atoms with E-state index in [4.69, 9.17) is 0 Å². The first-order valence-electron chi connectivity index (χ1n) is 10.1. The second-order valence-corrected chi connectivity index (χ2v) is 9.15. The zero-order valence-electron chi connectivity index (χ0n) is 16.1. The van der Waals surface area contributed by atoms with Crippen molar-refractivity contribution in [2.75, 3.05) is 0 Å². The smallest absolute Gasteiger partial charge is 0.321 e. The lowest BCUT2D eigenvalue weighted by atomic mass is 9.89. The van der Waals surface area contributed by atoms with Crippen LogP contribution >= 0.6 is 11.3 Å². The van der Waals surface area contributed by atoms with Crippen molar-refractivity contribution in [3.8, 4) is 0 Å². The summed E-state index contributed by atoms with van der Waals surface area (Å²) in [6, 6.07) is -0.358. The van der Waals surface area contributed by atoms with Crippen LogP contribution < -0.4 is 16.2 Å². The Kier molecular flexibility index (Phi) is 5.48. The second-order valence-electron chi connectivity index (χ2n) is 8.07. The summed E-state index contributed by atoms with van der Waals surface area (Å²) in [5.74, 6) is 0.116. The number of nitrogens with one attached hydrogen (secondary N) is 2. The average molecular weight is 403 g/mol. The van der Waals surface area contributed by atoms with E-state index in [1.54, 1.807) is 11.3 Å². The zero-order chi connectivity index (χ0) is 19.7. The number of imide groups is 1. The van der Waals surface area contributed by atoms with Crippen LogP contribution in [-0.4, -0.2) is 27.5 Å². The Balaban J connectivity index is 1.45. The molecule has 8 heteroatoms. The highest BCUT2D eigenvalue weighted by Gasteiger charge is 2.24. The molecule has 0 spiro atoms. The molecule has 0 bridgehead atoms. The Labute approximate surface area is 167 Å². The number of carbonyl (C=O) groups excluding carboxylic acids is 2. The van der Waals surface area contributed by atoms with Crippen LogP contribution in [0.3, 0.4) is 0 Å². The lowest BCUT2D eigenvalue weighted by molar-refractivity contribution is -0.120. The van der Waals surface area contributed by atoms with E-state index in [9.17, 15) is 14.4 Å². The minimum Gasteiger partial charge on any atom is -0.335 e. The summed E-state index contributed by atoms with van der Waals surface area (Å²) in [6.45, 7) is 2.02. The summed E-state index contributed by atoms with van der Waals surface area (Å²) >= 11 is 1.59. The molecule has 1 fully saturated rings. The van der Waals surface area contributed by atoms with Gasteiger partial charge in [0.2, 0.25) is 5.91 Å². The van der Waals surface area contributed by atoms with Gasteiger partial charge in [0.1, 0.15) is 11.4 Å². The highest BCUT2D eigenvalue weighted by atomic mass is 32.1. The third-order valence-electron chi connectivity index (χ3n) is 5.79. The first-order chi connectivity index (χ1) is 13.5. The first kappa shape index (κ1) is 19.1. The van der Waals surface area contributed by atoms with Crippen LogP contribution in [0.5, 0.6) is 0 Å². The topological polar surface area (TPSA) is 93.1 Å². The summed E-state index contributed by atoms with van der Waals surface area (Å²) in [4.78, 5) is 43.6. The van der Waals surface area contributed by atoms with Crippen LogP contribution in [0, 0.1) is 5.92 Å². The van der Waals surface area contributed by atoms with E-state index in [1.807, 2.05) is 0 Å². The predicted octanol–water partition coefficient (Wildman–Crippen LogP) is 2.74. The van der Waals surface area contributed by atoms with Gasteiger partial charge in [0.05, 0.1) is 11.7 Å². The van der Waals surface area contributed by atoms with Crippen LogP contribution in [0.15, 0.2) is 11.1 Å². The average Bonchev–Trinajstić information content (AvgIpc) is 3.02. The summed E-state index contributed by atoms with van der Waals surface area (Å²) in [5, 5.41) is 5.83. The third-order valence-corrected chi connectivity index (χ3v) is 6.95. The Bertz CT molecular complexity index is 958. The van der Waals surface area contributed by atoms with Gasteiger partial charge in [0.15, 0.2) is 0 Å².